The average molecular weight is 2000 g/mol. The summed E-state index contributed by atoms with van der Waals surface area (Å²) in [4.78, 5) is 302. The average Bonchev–Trinajstić information content (AvgIpc) is 1.65. The minimum absolute atomic E-state index is 0.00771. The van der Waals surface area contributed by atoms with Crippen LogP contribution in [0.3, 0.4) is 0 Å². The van der Waals surface area contributed by atoms with Crippen molar-refractivity contribution in [2.45, 2.75) is 368 Å². The lowest BCUT2D eigenvalue weighted by Crippen LogP contribution is -2.65. The number of aliphatic hydroxyl groups is 10. The lowest BCUT2D eigenvalue weighted by atomic mass is 10.0. The second-order valence-electron chi connectivity index (χ2n) is 38.5. The topological polar surface area (TPSA) is 745 Å². The van der Waals surface area contributed by atoms with E-state index in [0.29, 0.717) is 45.1 Å². The molecule has 51 nitrogen and oxygen atoms in total. The maximum atomic E-state index is 14.8. The van der Waals surface area contributed by atoms with Crippen molar-refractivity contribution in [1.82, 2.24) is 97.7 Å². The molecular formula is C90H144N20O31. The Morgan fingerprint density at radius 3 is 0.830 bits per heavy atom. The fourth-order valence-corrected chi connectivity index (χ4v) is 19.5. The van der Waals surface area contributed by atoms with Crippen molar-refractivity contribution in [3.63, 3.8) is 0 Å². The van der Waals surface area contributed by atoms with Gasteiger partial charge in [-0.3, -0.25) is 95.9 Å². The van der Waals surface area contributed by atoms with E-state index < -0.39 is 289 Å². The van der Waals surface area contributed by atoms with Gasteiger partial charge < -0.3 is 159 Å². The third-order valence-electron chi connectivity index (χ3n) is 27.0. The molecule has 8 rings (SSSR count). The Bertz CT molecular complexity index is 4540. The lowest BCUT2D eigenvalue weighted by Gasteiger charge is -2.35. The van der Waals surface area contributed by atoms with Gasteiger partial charge in [0.05, 0.1) is 62.0 Å². The number of primary amides is 1. The Morgan fingerprint density at radius 2 is 0.511 bits per heavy atom. The van der Waals surface area contributed by atoms with Gasteiger partial charge in [0.2, 0.25) is 118 Å². The standard InChI is InChI=1S/C90H144N20O31/c1-42(2)39-52(84(135)108-36-18-27-60(108)87(138)105-33-13-23-56(105)75(126)95-64(44(4)114)72(91)123)92-78(129)66(46(6)116)99-82(133)69(49(9)119)100-80(131)67(47(7)117)96-73(124)53(40-111)93-79(130)65(45(5)115)97-76(127)58-25-15-34-106(58)88(139)62-29-20-38-110(62)89(140)61-28-19-37-109(61)85(136)54(41-112)94-74(125)55-22-16-35-107(55)90(141)71(51(11)121)102-83(134)70(50(10)120)101-81(132)68(48(8)118)98-77(128)57-24-14-32-104(57)86(137)59-26-17-31-103(59)63(122)30-12-21-43(3)113/h42,44-62,64-71,111-112,114-121H,12-41H2,1-11H3,(H2,91,123)(H,92,129)(H,93,130)(H,94,125)(H,95,126)(H,96,124)(H,97,127)(H,98,128)(H,99,133)(H,100,131)(H,101,132)(H,102,134)/t44-,45-,46-,47-,48-,49-,50-,51-,52+,53+,54+,55+,56+,57+,58+,59+,60+,61+,62+,64+,65+,66+,67+,68+,69+,70+,71+/m1/s1. The van der Waals surface area contributed by atoms with E-state index in [1.165, 1.54) is 43.2 Å². The highest BCUT2D eigenvalue weighted by Crippen LogP contribution is 2.33. The van der Waals surface area contributed by atoms with Crippen LogP contribution in [0, 0.1) is 5.92 Å². The molecule has 8 aliphatic heterocycles. The quantitative estimate of drug-likeness (QED) is 0.0269. The Balaban J connectivity index is 0.832. The van der Waals surface area contributed by atoms with Crippen LogP contribution in [-0.4, -0.2) is 443 Å². The Kier molecular flexibility index (Phi) is 42.5. The van der Waals surface area contributed by atoms with Gasteiger partial charge in [0.1, 0.15) is 121 Å². The number of likely N-dealkylation sites (tertiary alicyclic amines) is 8. The molecule has 8 heterocycles. The van der Waals surface area contributed by atoms with E-state index in [2.05, 4.69) is 58.5 Å². The maximum absolute atomic E-state index is 14.8. The minimum Gasteiger partial charge on any atom is -0.394 e. The zero-order chi connectivity index (χ0) is 105. The summed E-state index contributed by atoms with van der Waals surface area (Å²) in [5.41, 5.74) is 5.38. The van der Waals surface area contributed by atoms with Crippen molar-refractivity contribution < 1.29 is 152 Å². The molecule has 141 heavy (non-hydrogen) atoms. The van der Waals surface area contributed by atoms with Gasteiger partial charge >= 0.3 is 0 Å². The van der Waals surface area contributed by atoms with E-state index in [-0.39, 0.29) is 153 Å². The molecule has 27 atom stereocenters. The summed E-state index contributed by atoms with van der Waals surface area (Å²) in [6, 6.07) is -29.7. The van der Waals surface area contributed by atoms with Crippen LogP contribution in [0.15, 0.2) is 0 Å². The summed E-state index contributed by atoms with van der Waals surface area (Å²) < 4.78 is 0. The molecule has 8 aliphatic rings. The molecule has 8 saturated heterocycles. The van der Waals surface area contributed by atoms with E-state index in [1.54, 1.807) is 13.8 Å². The van der Waals surface area contributed by atoms with Crippen LogP contribution in [0.1, 0.15) is 205 Å². The summed E-state index contributed by atoms with van der Waals surface area (Å²) >= 11 is 0. The summed E-state index contributed by atoms with van der Waals surface area (Å²) in [7, 11) is 0. The highest BCUT2D eigenvalue weighted by atomic mass is 16.3. The summed E-state index contributed by atoms with van der Waals surface area (Å²) in [6.07, 6.45) is -9.90. The SMILES string of the molecule is CC(=O)CCCC(=O)N1CCC[C@H]1C(=O)N1CCC[C@H]1C(=O)N[C@H](C(=O)N[C@H](C(=O)N[C@H](C(=O)N1CCC[C@H]1C(=O)N[C@@H](CO)C(=O)N1CCC[C@H]1C(=O)N1CCC[C@H]1C(=O)N1CCC[C@H]1C(=O)N[C@H](C(=O)N[C@@H](CO)C(=O)N[C@H](C(=O)N[C@H](C(=O)N[C@H](C(=O)N[C@@H](CC(C)C)C(=O)N1CCC[C@H]1C(=O)N1CCC[C@H]1C(=O)N[C@H](C(N)=O)[C@@H](C)O)[C@@H](C)O)[C@@H](C)O)[C@@H](C)O)[C@@H](C)O)[C@@H](C)O)[C@@H](C)O)[C@@H](C)O. The van der Waals surface area contributed by atoms with Gasteiger partial charge in [0, 0.05) is 65.2 Å². The third-order valence-corrected chi connectivity index (χ3v) is 27.0. The fourth-order valence-electron chi connectivity index (χ4n) is 19.5. The molecule has 20 amide bonds. The summed E-state index contributed by atoms with van der Waals surface area (Å²) in [5.74, 6) is -19.5. The number of aliphatic hydroxyl groups excluding tert-OH is 10. The molecular weight excluding hydrogens is 1860 g/mol. The molecule has 8 fully saturated rings. The number of hydrogen-bond acceptors (Lipinski definition) is 31. The molecule has 23 N–H and O–H groups in total. The second kappa shape index (κ2) is 52.1. The first-order valence-electron chi connectivity index (χ1n) is 48.6. The van der Waals surface area contributed by atoms with Gasteiger partial charge in [0.15, 0.2) is 0 Å². The summed E-state index contributed by atoms with van der Waals surface area (Å²) in [5, 5.41) is 133. The minimum atomic E-state index is -2.08. The Morgan fingerprint density at radius 1 is 0.270 bits per heavy atom. The first-order chi connectivity index (χ1) is 66.4. The number of Topliss-reactive ketones (excluding diaryl/α,β-unsaturated/α-hetero) is 1. The second-order valence-corrected chi connectivity index (χ2v) is 38.5. The highest BCUT2D eigenvalue weighted by Gasteiger charge is 2.52. The molecule has 790 valence electrons. The van der Waals surface area contributed by atoms with Gasteiger partial charge in [0.25, 0.3) is 0 Å². The number of carbonyl (C=O) groups excluding carboxylic acids is 21. The van der Waals surface area contributed by atoms with Gasteiger partial charge in [-0.1, -0.05) is 13.8 Å². The number of carbonyl (C=O) groups is 21. The fraction of sp³-hybridized carbons (Fsp3) is 0.767. The number of amides is 20. The normalized spacial score (nSPS) is 24.3. The first-order valence-corrected chi connectivity index (χ1v) is 48.6. The van der Waals surface area contributed by atoms with Gasteiger partial charge in [-0.05, 0) is 184 Å². The van der Waals surface area contributed by atoms with Crippen LogP contribution in [0.25, 0.3) is 0 Å². The molecule has 0 spiro atoms. The van der Waals surface area contributed by atoms with Crippen molar-refractivity contribution in [1.29, 1.82) is 0 Å². The molecule has 0 aromatic heterocycles. The number of nitrogens with two attached hydrogens (primary N) is 1. The molecule has 0 radical (unpaired) electrons. The largest absolute Gasteiger partial charge is 0.394 e. The monoisotopic (exact) mass is 2000 g/mol. The van der Waals surface area contributed by atoms with Gasteiger partial charge in [-0.15, -0.1) is 0 Å². The van der Waals surface area contributed by atoms with E-state index in [4.69, 9.17) is 5.73 Å². The molecule has 51 heteroatoms. The van der Waals surface area contributed by atoms with Crippen LogP contribution in [-0.2, 0) is 101 Å². The van der Waals surface area contributed by atoms with Crippen LogP contribution in [0.2, 0.25) is 0 Å². The van der Waals surface area contributed by atoms with Crippen LogP contribution in [0.5, 0.6) is 0 Å². The van der Waals surface area contributed by atoms with Crippen molar-refractivity contribution in [2.24, 2.45) is 11.7 Å². The van der Waals surface area contributed by atoms with Crippen molar-refractivity contribution in [2.75, 3.05) is 65.6 Å². The predicted molar refractivity (Wildman–Crippen MR) is 490 cm³/mol. The Labute approximate surface area is 815 Å². The third kappa shape index (κ3) is 29.0. The van der Waals surface area contributed by atoms with Crippen molar-refractivity contribution in [3.8, 4) is 0 Å². The number of nitrogens with one attached hydrogen (secondary N) is 11. The molecule has 0 aromatic rings. The van der Waals surface area contributed by atoms with Gasteiger partial charge in [-0.2, -0.15) is 0 Å². The van der Waals surface area contributed by atoms with Crippen LogP contribution >= 0.6 is 0 Å². The first kappa shape index (κ1) is 115. The number of rotatable bonds is 46. The van der Waals surface area contributed by atoms with E-state index in [0.717, 1.165) is 58.3 Å². The van der Waals surface area contributed by atoms with E-state index >= 15 is 0 Å². The van der Waals surface area contributed by atoms with Crippen LogP contribution < -0.4 is 64.2 Å². The molecule has 0 saturated carbocycles. The van der Waals surface area contributed by atoms with Crippen molar-refractivity contribution >= 4 is 124 Å². The maximum Gasteiger partial charge on any atom is 0.248 e. The van der Waals surface area contributed by atoms with Crippen molar-refractivity contribution in [3.05, 3.63) is 0 Å². The summed E-state index contributed by atoms with van der Waals surface area (Å²) in [6.45, 7) is 11.7. The van der Waals surface area contributed by atoms with Gasteiger partial charge in [-0.25, -0.2) is 0 Å². The number of nitrogens with zero attached hydrogens (tertiary/aromatic N) is 8. The smallest absolute Gasteiger partial charge is 0.248 e. The lowest BCUT2D eigenvalue weighted by molar-refractivity contribution is -0.151. The zero-order valence-electron chi connectivity index (χ0n) is 81.6. The zero-order valence-corrected chi connectivity index (χ0v) is 81.6. The number of ketones is 1. The van der Waals surface area contributed by atoms with E-state index in [1.807, 2.05) is 0 Å². The molecule has 0 aliphatic carbocycles. The highest BCUT2D eigenvalue weighted by molar-refractivity contribution is 6.03. The molecule has 0 unspecified atom stereocenters. The Hall–Kier alpha value is -11.3. The predicted octanol–water partition coefficient (Wildman–Crippen LogP) is -11.4. The van der Waals surface area contributed by atoms with Crippen LogP contribution in [0.4, 0.5) is 0 Å². The number of hydrogen-bond donors (Lipinski definition) is 22. The van der Waals surface area contributed by atoms with E-state index in [9.17, 15) is 152 Å². The molecule has 0 bridgehead atoms. The molecule has 0 aromatic carbocycles.